The van der Waals surface area contributed by atoms with E-state index in [1.807, 2.05) is 7.05 Å². The summed E-state index contributed by atoms with van der Waals surface area (Å²) in [7, 11) is 1.87. The van der Waals surface area contributed by atoms with Crippen molar-refractivity contribution in [1.82, 2.24) is 0 Å². The molecule has 0 atom stereocenters. The van der Waals surface area contributed by atoms with Crippen LogP contribution in [-0.2, 0) is 0 Å². The first-order chi connectivity index (χ1) is 6.20. The van der Waals surface area contributed by atoms with Gasteiger partial charge in [0.15, 0.2) is 0 Å². The lowest BCUT2D eigenvalue weighted by molar-refractivity contribution is 0.703. The number of thioether (sulfide) groups is 1. The number of aliphatic imine (C=N–C) groups is 1. The number of allylic oxidation sites excluding steroid dienone is 1. The fraction of sp³-hybridized carbons (Fsp3) is 0.727. The van der Waals surface area contributed by atoms with Gasteiger partial charge in [-0.2, -0.15) is 0 Å². The molecule has 0 aromatic carbocycles. The maximum absolute atomic E-state index is 4.13. The predicted molar refractivity (Wildman–Crippen MR) is 64.8 cm³/mol. The number of unbranched alkanes of at least 4 members (excludes halogenated alkanes) is 2. The van der Waals surface area contributed by atoms with Crippen LogP contribution in [0.1, 0.15) is 39.0 Å². The van der Waals surface area contributed by atoms with Crippen LogP contribution in [0.2, 0.25) is 0 Å². The van der Waals surface area contributed by atoms with E-state index >= 15 is 0 Å². The summed E-state index contributed by atoms with van der Waals surface area (Å²) in [6.07, 6.45) is 8.26. The van der Waals surface area contributed by atoms with Gasteiger partial charge in [-0.25, -0.2) is 0 Å². The zero-order valence-electron chi connectivity index (χ0n) is 9.10. The second-order valence-corrected chi connectivity index (χ2v) is 4.25. The minimum atomic E-state index is 1.16. The Balaban J connectivity index is 3.22. The molecule has 2 heteroatoms. The zero-order valence-corrected chi connectivity index (χ0v) is 9.91. The van der Waals surface area contributed by atoms with E-state index in [0.717, 1.165) is 6.42 Å². The molecule has 0 amide bonds. The molecule has 0 radical (unpaired) electrons. The molecule has 0 aromatic heterocycles. The van der Waals surface area contributed by atoms with Crippen molar-refractivity contribution in [2.24, 2.45) is 4.99 Å². The summed E-state index contributed by atoms with van der Waals surface area (Å²) in [6, 6.07) is 0. The molecule has 0 fully saturated rings. The van der Waals surface area contributed by atoms with Crippen molar-refractivity contribution in [3.8, 4) is 0 Å². The molecule has 0 saturated carbocycles. The minimum Gasteiger partial charge on any atom is -0.298 e. The van der Waals surface area contributed by atoms with Crippen molar-refractivity contribution < 1.29 is 0 Å². The quantitative estimate of drug-likeness (QED) is 0.447. The van der Waals surface area contributed by atoms with Gasteiger partial charge in [0, 0.05) is 12.8 Å². The van der Waals surface area contributed by atoms with Gasteiger partial charge in [0.05, 0.1) is 0 Å². The van der Waals surface area contributed by atoms with Crippen molar-refractivity contribution >= 4 is 17.5 Å². The largest absolute Gasteiger partial charge is 0.298 e. The van der Waals surface area contributed by atoms with Gasteiger partial charge >= 0.3 is 0 Å². The lowest BCUT2D eigenvalue weighted by Gasteiger charge is -2.02. The first-order valence-electron chi connectivity index (χ1n) is 4.84. The molecule has 0 aliphatic rings. The Hall–Kier alpha value is -0.240. The fourth-order valence-electron chi connectivity index (χ4n) is 1.09. The van der Waals surface area contributed by atoms with Crippen molar-refractivity contribution in [1.29, 1.82) is 0 Å². The fourth-order valence-corrected chi connectivity index (χ4v) is 1.44. The molecular weight excluding hydrogens is 178 g/mol. The van der Waals surface area contributed by atoms with Crippen LogP contribution in [0, 0.1) is 0 Å². The summed E-state index contributed by atoms with van der Waals surface area (Å²) in [5.41, 5.74) is 1.27. The molecule has 76 valence electrons. The van der Waals surface area contributed by atoms with E-state index in [-0.39, 0.29) is 0 Å². The highest BCUT2D eigenvalue weighted by Gasteiger charge is 1.94. The molecule has 0 aliphatic heterocycles. The van der Waals surface area contributed by atoms with Crippen LogP contribution in [0.15, 0.2) is 16.5 Å². The zero-order chi connectivity index (χ0) is 10.1. The topological polar surface area (TPSA) is 12.4 Å². The Morgan fingerprint density at radius 3 is 2.38 bits per heavy atom. The molecule has 0 heterocycles. The average Bonchev–Trinajstić information content (AvgIpc) is 2.16. The van der Waals surface area contributed by atoms with Crippen molar-refractivity contribution in [3.05, 3.63) is 11.5 Å². The third-order valence-electron chi connectivity index (χ3n) is 2.16. The van der Waals surface area contributed by atoms with Crippen molar-refractivity contribution in [2.75, 3.05) is 13.3 Å². The first-order valence-corrected chi connectivity index (χ1v) is 6.07. The third-order valence-corrected chi connectivity index (χ3v) is 2.95. The predicted octanol–water partition coefficient (Wildman–Crippen LogP) is 3.90. The summed E-state index contributed by atoms with van der Waals surface area (Å²) in [6.45, 7) is 6.06. The molecule has 0 N–H and O–H groups in total. The van der Waals surface area contributed by atoms with Gasteiger partial charge in [0.2, 0.25) is 0 Å². The van der Waals surface area contributed by atoms with E-state index in [1.54, 1.807) is 11.8 Å². The molecule has 0 aliphatic carbocycles. The minimum absolute atomic E-state index is 1.16. The summed E-state index contributed by atoms with van der Waals surface area (Å²) in [5.74, 6) is 0. The van der Waals surface area contributed by atoms with Crippen LogP contribution in [0.5, 0.6) is 0 Å². The second kappa shape index (κ2) is 8.36. The van der Waals surface area contributed by atoms with Gasteiger partial charge in [0.1, 0.15) is 0 Å². The summed E-state index contributed by atoms with van der Waals surface area (Å²) >= 11 is 1.78. The molecule has 0 rings (SSSR count). The Bertz CT molecular complexity index is 173. The Morgan fingerprint density at radius 2 is 1.85 bits per heavy atom. The normalized spacial score (nSPS) is 11.8. The molecule has 1 nitrogen and oxygen atoms in total. The van der Waals surface area contributed by atoms with Gasteiger partial charge in [-0.1, -0.05) is 13.0 Å². The summed E-state index contributed by atoms with van der Waals surface area (Å²) in [5, 5.41) is 0. The SMILES string of the molecule is C=C(CCCCC/C(C)=N/C)SC. The van der Waals surface area contributed by atoms with Crippen LogP contribution in [0.25, 0.3) is 0 Å². The Morgan fingerprint density at radius 1 is 1.23 bits per heavy atom. The summed E-state index contributed by atoms with van der Waals surface area (Å²) < 4.78 is 0. The molecule has 0 spiro atoms. The van der Waals surface area contributed by atoms with Crippen molar-refractivity contribution in [3.63, 3.8) is 0 Å². The van der Waals surface area contributed by atoms with Crippen LogP contribution in [0.3, 0.4) is 0 Å². The lowest BCUT2D eigenvalue weighted by atomic mass is 10.1. The number of nitrogens with zero attached hydrogens (tertiary/aromatic N) is 1. The van der Waals surface area contributed by atoms with E-state index in [1.165, 1.54) is 36.3 Å². The number of hydrogen-bond acceptors (Lipinski definition) is 2. The monoisotopic (exact) mass is 199 g/mol. The Labute approximate surface area is 86.7 Å². The first kappa shape index (κ1) is 12.8. The van der Waals surface area contributed by atoms with Gasteiger partial charge in [-0.3, -0.25) is 4.99 Å². The standard InChI is InChI=1S/C11H21NS/c1-10(12-3)8-6-5-7-9-11(2)13-4/h2,5-9H2,1,3-4H3/b12-10+. The number of rotatable bonds is 7. The van der Waals surface area contributed by atoms with Crippen molar-refractivity contribution in [2.45, 2.75) is 39.0 Å². The molecule has 0 bridgehead atoms. The number of hydrogen-bond donors (Lipinski definition) is 0. The van der Waals surface area contributed by atoms with E-state index in [2.05, 4.69) is 24.8 Å². The van der Waals surface area contributed by atoms with Gasteiger partial charge < -0.3 is 0 Å². The van der Waals surface area contributed by atoms with Crippen LogP contribution in [-0.4, -0.2) is 19.0 Å². The molecular formula is C11H21NS. The van der Waals surface area contributed by atoms with Gasteiger partial charge in [-0.15, -0.1) is 11.8 Å². The summed E-state index contributed by atoms with van der Waals surface area (Å²) in [4.78, 5) is 5.44. The van der Waals surface area contributed by atoms with E-state index in [4.69, 9.17) is 0 Å². The molecule has 0 unspecified atom stereocenters. The molecule has 0 saturated heterocycles. The van der Waals surface area contributed by atoms with E-state index in [9.17, 15) is 0 Å². The average molecular weight is 199 g/mol. The maximum atomic E-state index is 4.13. The van der Waals surface area contributed by atoms with Crippen LogP contribution < -0.4 is 0 Å². The highest BCUT2D eigenvalue weighted by atomic mass is 32.2. The lowest BCUT2D eigenvalue weighted by Crippen LogP contribution is -1.90. The second-order valence-electron chi connectivity index (χ2n) is 3.26. The van der Waals surface area contributed by atoms with E-state index < -0.39 is 0 Å². The van der Waals surface area contributed by atoms with Gasteiger partial charge in [0.25, 0.3) is 0 Å². The van der Waals surface area contributed by atoms with Crippen LogP contribution in [0.4, 0.5) is 0 Å². The highest BCUT2D eigenvalue weighted by Crippen LogP contribution is 2.17. The highest BCUT2D eigenvalue weighted by molar-refractivity contribution is 8.02. The third kappa shape index (κ3) is 8.10. The van der Waals surface area contributed by atoms with E-state index in [0.29, 0.717) is 0 Å². The van der Waals surface area contributed by atoms with Gasteiger partial charge in [-0.05, 0) is 43.8 Å². The Kier molecular flexibility index (Phi) is 8.21. The molecule has 0 aromatic rings. The maximum Gasteiger partial charge on any atom is 0.0276 e. The smallest absolute Gasteiger partial charge is 0.0276 e. The molecule has 13 heavy (non-hydrogen) atoms. The van der Waals surface area contributed by atoms with Crippen LogP contribution >= 0.6 is 11.8 Å².